The number of para-hydroxylation sites is 2. The van der Waals surface area contributed by atoms with E-state index in [9.17, 15) is 14.4 Å². The number of esters is 1. The Kier molecular flexibility index (Phi) is 5.76. The van der Waals surface area contributed by atoms with Crippen LogP contribution in [-0.2, 0) is 14.3 Å². The van der Waals surface area contributed by atoms with E-state index in [0.29, 0.717) is 16.4 Å². The van der Waals surface area contributed by atoms with E-state index in [4.69, 9.17) is 16.3 Å². The van der Waals surface area contributed by atoms with E-state index in [1.165, 1.54) is 4.90 Å². The molecule has 0 saturated carbocycles. The predicted molar refractivity (Wildman–Crippen MR) is 103 cm³/mol. The minimum Gasteiger partial charge on any atom is -0.462 e. The number of rotatable bonds is 5. The molecule has 6 nitrogen and oxygen atoms in total. The molecule has 3 rings (SSSR count). The highest BCUT2D eigenvalue weighted by Crippen LogP contribution is 2.31. The SMILES string of the molecule is CCOC(=O)c1ccccc1NC(=O)C1CC(=O)N(c2ccccc2Cl)C1. The Morgan fingerprint density at radius 2 is 1.89 bits per heavy atom. The molecule has 1 fully saturated rings. The molecule has 0 spiro atoms. The summed E-state index contributed by atoms with van der Waals surface area (Å²) in [5, 5.41) is 3.21. The van der Waals surface area contributed by atoms with Gasteiger partial charge >= 0.3 is 5.97 Å². The van der Waals surface area contributed by atoms with E-state index in [-0.39, 0.29) is 37.0 Å². The Labute approximate surface area is 162 Å². The minimum atomic E-state index is -0.538. The predicted octanol–water partition coefficient (Wildman–Crippen LogP) is 3.51. The first-order valence-electron chi connectivity index (χ1n) is 8.63. The fourth-order valence-corrected chi connectivity index (χ4v) is 3.24. The maximum absolute atomic E-state index is 12.7. The van der Waals surface area contributed by atoms with E-state index < -0.39 is 11.9 Å². The number of carbonyl (C=O) groups is 3. The van der Waals surface area contributed by atoms with Crippen LogP contribution in [0.4, 0.5) is 11.4 Å². The molecular formula is C20H19ClN2O4. The van der Waals surface area contributed by atoms with Gasteiger partial charge < -0.3 is 15.0 Å². The average molecular weight is 387 g/mol. The lowest BCUT2D eigenvalue weighted by molar-refractivity contribution is -0.122. The molecular weight excluding hydrogens is 368 g/mol. The van der Waals surface area contributed by atoms with Gasteiger partial charge in [0.15, 0.2) is 0 Å². The monoisotopic (exact) mass is 386 g/mol. The summed E-state index contributed by atoms with van der Waals surface area (Å²) < 4.78 is 5.01. The molecule has 0 radical (unpaired) electrons. The summed E-state index contributed by atoms with van der Waals surface area (Å²) in [6.07, 6.45) is 0.0820. The second kappa shape index (κ2) is 8.22. The maximum Gasteiger partial charge on any atom is 0.340 e. The number of amides is 2. The van der Waals surface area contributed by atoms with Gasteiger partial charge in [-0.05, 0) is 31.2 Å². The van der Waals surface area contributed by atoms with Crippen LogP contribution in [0.3, 0.4) is 0 Å². The summed E-state index contributed by atoms with van der Waals surface area (Å²) >= 11 is 6.17. The van der Waals surface area contributed by atoms with Crippen molar-refractivity contribution < 1.29 is 19.1 Å². The van der Waals surface area contributed by atoms with Crippen LogP contribution in [0.2, 0.25) is 5.02 Å². The lowest BCUT2D eigenvalue weighted by Crippen LogP contribution is -2.28. The van der Waals surface area contributed by atoms with E-state index in [1.807, 2.05) is 0 Å². The van der Waals surface area contributed by atoms with Crippen LogP contribution in [-0.4, -0.2) is 30.9 Å². The summed E-state index contributed by atoms with van der Waals surface area (Å²) in [5.74, 6) is -1.53. The van der Waals surface area contributed by atoms with E-state index >= 15 is 0 Å². The van der Waals surface area contributed by atoms with Crippen molar-refractivity contribution in [2.24, 2.45) is 5.92 Å². The summed E-state index contributed by atoms with van der Waals surface area (Å²) in [6, 6.07) is 13.6. The summed E-state index contributed by atoms with van der Waals surface area (Å²) in [4.78, 5) is 38.6. The summed E-state index contributed by atoms with van der Waals surface area (Å²) in [5.41, 5.74) is 1.23. The van der Waals surface area contributed by atoms with Crippen molar-refractivity contribution in [3.05, 3.63) is 59.1 Å². The van der Waals surface area contributed by atoms with Gasteiger partial charge in [-0.25, -0.2) is 4.79 Å². The lowest BCUT2D eigenvalue weighted by atomic mass is 10.1. The Hall–Kier alpha value is -2.86. The highest BCUT2D eigenvalue weighted by molar-refractivity contribution is 6.34. The first kappa shape index (κ1) is 18.9. The summed E-state index contributed by atoms with van der Waals surface area (Å²) in [7, 11) is 0. The van der Waals surface area contributed by atoms with Crippen LogP contribution in [0.25, 0.3) is 0 Å². The summed E-state index contributed by atoms with van der Waals surface area (Å²) in [6.45, 7) is 2.19. The first-order valence-corrected chi connectivity index (χ1v) is 9.01. The third kappa shape index (κ3) is 4.11. The molecule has 1 aliphatic heterocycles. The largest absolute Gasteiger partial charge is 0.462 e. The van der Waals surface area contributed by atoms with Crippen LogP contribution >= 0.6 is 11.6 Å². The zero-order valence-corrected chi connectivity index (χ0v) is 15.5. The van der Waals surface area contributed by atoms with Gasteiger partial charge in [0, 0.05) is 13.0 Å². The number of anilines is 2. The third-order valence-electron chi connectivity index (χ3n) is 4.32. The number of nitrogens with zero attached hydrogens (tertiary/aromatic N) is 1. The lowest BCUT2D eigenvalue weighted by Gasteiger charge is -2.18. The quantitative estimate of drug-likeness (QED) is 0.798. The third-order valence-corrected chi connectivity index (χ3v) is 4.64. The van der Waals surface area contributed by atoms with Crippen molar-refractivity contribution in [3.63, 3.8) is 0 Å². The van der Waals surface area contributed by atoms with E-state index in [0.717, 1.165) is 0 Å². The van der Waals surface area contributed by atoms with Crippen molar-refractivity contribution >= 4 is 40.8 Å². The van der Waals surface area contributed by atoms with Gasteiger partial charge in [0.05, 0.1) is 34.5 Å². The topological polar surface area (TPSA) is 75.7 Å². The number of ether oxygens (including phenoxy) is 1. The van der Waals surface area contributed by atoms with Gasteiger partial charge in [-0.2, -0.15) is 0 Å². The van der Waals surface area contributed by atoms with Crippen molar-refractivity contribution in [3.8, 4) is 0 Å². The highest BCUT2D eigenvalue weighted by atomic mass is 35.5. The zero-order chi connectivity index (χ0) is 19.4. The number of carbonyl (C=O) groups excluding carboxylic acids is 3. The van der Waals surface area contributed by atoms with Crippen molar-refractivity contribution in [2.45, 2.75) is 13.3 Å². The van der Waals surface area contributed by atoms with Crippen LogP contribution < -0.4 is 10.2 Å². The molecule has 7 heteroatoms. The Balaban J connectivity index is 1.74. The molecule has 2 aromatic carbocycles. The Bertz CT molecular complexity index is 884. The number of hydrogen-bond acceptors (Lipinski definition) is 4. The second-order valence-corrected chi connectivity index (χ2v) is 6.52. The van der Waals surface area contributed by atoms with Gasteiger partial charge in [-0.3, -0.25) is 9.59 Å². The maximum atomic E-state index is 12.7. The number of nitrogens with one attached hydrogen (secondary N) is 1. The molecule has 1 aliphatic rings. The molecule has 2 amide bonds. The molecule has 1 N–H and O–H groups in total. The van der Waals surface area contributed by atoms with Crippen LogP contribution in [0, 0.1) is 5.92 Å². The van der Waals surface area contributed by atoms with E-state index in [2.05, 4.69) is 5.32 Å². The molecule has 27 heavy (non-hydrogen) atoms. The molecule has 2 aromatic rings. The van der Waals surface area contributed by atoms with Gasteiger partial charge in [-0.1, -0.05) is 35.9 Å². The van der Waals surface area contributed by atoms with Gasteiger partial charge in [0.2, 0.25) is 11.8 Å². The number of hydrogen-bond donors (Lipinski definition) is 1. The van der Waals surface area contributed by atoms with Crippen LogP contribution in [0.15, 0.2) is 48.5 Å². The molecule has 1 unspecified atom stereocenters. The first-order chi connectivity index (χ1) is 13.0. The number of benzene rings is 2. The molecule has 1 saturated heterocycles. The average Bonchev–Trinajstić information content (AvgIpc) is 3.04. The van der Waals surface area contributed by atoms with Crippen LogP contribution in [0.5, 0.6) is 0 Å². The van der Waals surface area contributed by atoms with Gasteiger partial charge in [0.1, 0.15) is 0 Å². The molecule has 140 valence electrons. The molecule has 0 bridgehead atoms. The Morgan fingerprint density at radius 3 is 2.63 bits per heavy atom. The molecule has 0 aromatic heterocycles. The minimum absolute atomic E-state index is 0.0820. The van der Waals surface area contributed by atoms with Crippen LogP contribution in [0.1, 0.15) is 23.7 Å². The molecule has 1 heterocycles. The fourth-order valence-electron chi connectivity index (χ4n) is 3.00. The zero-order valence-electron chi connectivity index (χ0n) is 14.8. The van der Waals surface area contributed by atoms with Gasteiger partial charge in [0.25, 0.3) is 0 Å². The molecule has 1 atom stereocenters. The van der Waals surface area contributed by atoms with Crippen molar-refractivity contribution in [1.82, 2.24) is 0 Å². The van der Waals surface area contributed by atoms with Crippen molar-refractivity contribution in [1.29, 1.82) is 0 Å². The molecule has 0 aliphatic carbocycles. The second-order valence-electron chi connectivity index (χ2n) is 6.11. The highest BCUT2D eigenvalue weighted by Gasteiger charge is 2.36. The number of halogens is 1. The normalized spacial score (nSPS) is 16.3. The standard InChI is InChI=1S/C20H19ClN2O4/c1-2-27-20(26)14-7-3-5-9-16(14)22-19(25)13-11-18(24)23(12-13)17-10-6-4-8-15(17)21/h3-10,13H,2,11-12H2,1H3,(H,22,25). The fraction of sp³-hybridized carbons (Fsp3) is 0.250. The smallest absolute Gasteiger partial charge is 0.340 e. The van der Waals surface area contributed by atoms with Crippen molar-refractivity contribution in [2.75, 3.05) is 23.4 Å². The Morgan fingerprint density at radius 1 is 1.19 bits per heavy atom. The van der Waals surface area contributed by atoms with Gasteiger partial charge in [-0.15, -0.1) is 0 Å². The van der Waals surface area contributed by atoms with E-state index in [1.54, 1.807) is 55.5 Å².